The van der Waals surface area contributed by atoms with Gasteiger partial charge in [-0.15, -0.1) is 0 Å². The van der Waals surface area contributed by atoms with Crippen LogP contribution < -0.4 is 20.3 Å². The highest BCUT2D eigenvalue weighted by Crippen LogP contribution is 2.28. The van der Waals surface area contributed by atoms with Gasteiger partial charge in [0.1, 0.15) is 5.75 Å². The number of non-ortho nitro benzene ring substituents is 1. The summed E-state index contributed by atoms with van der Waals surface area (Å²) in [5.74, 6) is -0.750. The minimum atomic E-state index is -0.851. The van der Waals surface area contributed by atoms with Gasteiger partial charge in [-0.3, -0.25) is 24.6 Å². The van der Waals surface area contributed by atoms with Crippen LogP contribution >= 0.6 is 0 Å². The molecule has 0 aromatic heterocycles. The first kappa shape index (κ1) is 23.0. The van der Waals surface area contributed by atoms with E-state index in [0.29, 0.717) is 13.0 Å². The summed E-state index contributed by atoms with van der Waals surface area (Å²) in [7, 11) is 1.67. The molecule has 1 heterocycles. The largest absolute Gasteiger partial charge is 0.495 e. The molecule has 0 bridgehead atoms. The number of carbonyl (C=O) groups excluding carboxylic acids is 2. The fourth-order valence-corrected chi connectivity index (χ4v) is 3.57. The van der Waals surface area contributed by atoms with Gasteiger partial charge in [-0.1, -0.05) is 18.2 Å². The van der Waals surface area contributed by atoms with Crippen molar-refractivity contribution in [1.82, 2.24) is 10.2 Å². The first-order valence-corrected chi connectivity index (χ1v) is 10.4. The van der Waals surface area contributed by atoms with Crippen LogP contribution in [0.15, 0.2) is 48.5 Å². The van der Waals surface area contributed by atoms with Crippen LogP contribution in [-0.4, -0.2) is 68.0 Å². The lowest BCUT2D eigenvalue weighted by Crippen LogP contribution is -2.47. The normalized spacial score (nSPS) is 14.0. The molecule has 0 atom stereocenters. The molecule has 2 aromatic rings. The second-order valence-electron chi connectivity index (χ2n) is 7.37. The third kappa shape index (κ3) is 6.17. The number of nitrogens with zero attached hydrogens (tertiary/aromatic N) is 3. The van der Waals surface area contributed by atoms with E-state index < -0.39 is 16.7 Å². The van der Waals surface area contributed by atoms with E-state index in [-0.39, 0.29) is 11.4 Å². The average Bonchev–Trinajstić information content (AvgIpc) is 2.82. The van der Waals surface area contributed by atoms with Crippen molar-refractivity contribution >= 4 is 28.9 Å². The maximum Gasteiger partial charge on any atom is 0.313 e. The number of hydrogen-bond acceptors (Lipinski definition) is 7. The predicted molar refractivity (Wildman–Crippen MR) is 121 cm³/mol. The van der Waals surface area contributed by atoms with Crippen LogP contribution in [0.5, 0.6) is 5.75 Å². The van der Waals surface area contributed by atoms with E-state index in [1.165, 1.54) is 24.3 Å². The van der Waals surface area contributed by atoms with Gasteiger partial charge in [-0.05, 0) is 31.2 Å². The Morgan fingerprint density at radius 3 is 2.53 bits per heavy atom. The van der Waals surface area contributed by atoms with Gasteiger partial charge >= 0.3 is 11.8 Å². The van der Waals surface area contributed by atoms with Gasteiger partial charge in [0.05, 0.1) is 17.7 Å². The van der Waals surface area contributed by atoms with Crippen LogP contribution in [0.3, 0.4) is 0 Å². The zero-order valence-corrected chi connectivity index (χ0v) is 18.0. The number of piperazine rings is 1. The molecule has 0 saturated carbocycles. The Hall–Kier alpha value is -3.66. The number of anilines is 2. The molecular formula is C22H27N5O5. The van der Waals surface area contributed by atoms with Crippen LogP contribution in [0.1, 0.15) is 6.42 Å². The Balaban J connectivity index is 1.36. The molecule has 3 rings (SSSR count). The number of benzene rings is 2. The Morgan fingerprint density at radius 2 is 1.81 bits per heavy atom. The van der Waals surface area contributed by atoms with Gasteiger partial charge in [0.15, 0.2) is 0 Å². The average molecular weight is 441 g/mol. The van der Waals surface area contributed by atoms with Crippen LogP contribution in [0.25, 0.3) is 0 Å². The van der Waals surface area contributed by atoms with Gasteiger partial charge in [-0.25, -0.2) is 0 Å². The summed E-state index contributed by atoms with van der Waals surface area (Å²) in [6, 6.07) is 13.4. The first-order valence-electron chi connectivity index (χ1n) is 10.4. The van der Waals surface area contributed by atoms with Crippen LogP contribution in [0.4, 0.5) is 17.1 Å². The lowest BCUT2D eigenvalue weighted by atomic mass is 10.2. The quantitative estimate of drug-likeness (QED) is 0.278. The summed E-state index contributed by atoms with van der Waals surface area (Å²) >= 11 is 0. The highest BCUT2D eigenvalue weighted by atomic mass is 16.6. The lowest BCUT2D eigenvalue weighted by molar-refractivity contribution is -0.384. The van der Waals surface area contributed by atoms with E-state index in [9.17, 15) is 19.7 Å². The van der Waals surface area contributed by atoms with Crippen molar-refractivity contribution in [2.45, 2.75) is 6.42 Å². The molecule has 2 N–H and O–H groups in total. The van der Waals surface area contributed by atoms with Crippen molar-refractivity contribution in [1.29, 1.82) is 0 Å². The van der Waals surface area contributed by atoms with E-state index in [2.05, 4.69) is 26.5 Å². The maximum absolute atomic E-state index is 12.0. The molecule has 10 heteroatoms. The van der Waals surface area contributed by atoms with Crippen LogP contribution in [-0.2, 0) is 9.59 Å². The SMILES string of the molecule is COc1ccccc1N1CCN(CCCNC(=O)C(=O)Nc2cccc([N+](=O)[O-])c2)CC1. The van der Waals surface area contributed by atoms with E-state index >= 15 is 0 Å². The number of nitrogens with one attached hydrogen (secondary N) is 2. The van der Waals surface area contributed by atoms with Crippen molar-refractivity contribution in [3.63, 3.8) is 0 Å². The zero-order chi connectivity index (χ0) is 22.9. The molecule has 1 saturated heterocycles. The van der Waals surface area contributed by atoms with Crippen molar-refractivity contribution in [2.24, 2.45) is 0 Å². The zero-order valence-electron chi connectivity index (χ0n) is 18.0. The molecule has 0 aliphatic carbocycles. The minimum Gasteiger partial charge on any atom is -0.495 e. The van der Waals surface area contributed by atoms with Gasteiger partial charge in [0.25, 0.3) is 5.69 Å². The Morgan fingerprint density at radius 1 is 1.06 bits per heavy atom. The highest BCUT2D eigenvalue weighted by Gasteiger charge is 2.19. The first-order chi connectivity index (χ1) is 15.5. The summed E-state index contributed by atoms with van der Waals surface area (Å²) < 4.78 is 5.44. The fourth-order valence-electron chi connectivity index (χ4n) is 3.57. The van der Waals surface area contributed by atoms with Crippen molar-refractivity contribution in [3.05, 3.63) is 58.6 Å². The number of carbonyl (C=O) groups is 2. The molecular weight excluding hydrogens is 414 g/mol. The van der Waals surface area contributed by atoms with E-state index in [4.69, 9.17) is 4.74 Å². The minimum absolute atomic E-state index is 0.158. The highest BCUT2D eigenvalue weighted by molar-refractivity contribution is 6.39. The number of nitro groups is 1. The monoisotopic (exact) mass is 441 g/mol. The molecule has 10 nitrogen and oxygen atoms in total. The molecule has 1 aliphatic rings. The molecule has 170 valence electrons. The molecule has 0 spiro atoms. The third-order valence-electron chi connectivity index (χ3n) is 5.26. The van der Waals surface area contributed by atoms with Crippen molar-refractivity contribution in [3.8, 4) is 5.75 Å². The van der Waals surface area contributed by atoms with Gasteiger partial charge in [0, 0.05) is 50.5 Å². The summed E-state index contributed by atoms with van der Waals surface area (Å²) in [6.45, 7) is 4.76. The molecule has 0 radical (unpaired) electrons. The number of ether oxygens (including phenoxy) is 1. The summed E-state index contributed by atoms with van der Waals surface area (Å²) in [4.78, 5) is 38.8. The van der Waals surface area contributed by atoms with Crippen molar-refractivity contribution in [2.75, 3.05) is 56.6 Å². The van der Waals surface area contributed by atoms with Crippen LogP contribution in [0, 0.1) is 10.1 Å². The Bertz CT molecular complexity index is 959. The lowest BCUT2D eigenvalue weighted by Gasteiger charge is -2.36. The summed E-state index contributed by atoms with van der Waals surface area (Å²) in [5, 5.41) is 15.8. The maximum atomic E-state index is 12.0. The number of hydrogen-bond donors (Lipinski definition) is 2. The van der Waals surface area contributed by atoms with E-state index in [1.807, 2.05) is 18.2 Å². The molecule has 2 amide bonds. The number of rotatable bonds is 8. The Kier molecular flexibility index (Phi) is 7.98. The summed E-state index contributed by atoms with van der Waals surface area (Å²) in [5.41, 5.74) is 1.14. The van der Waals surface area contributed by atoms with E-state index in [1.54, 1.807) is 7.11 Å². The molecule has 1 fully saturated rings. The fraction of sp³-hybridized carbons (Fsp3) is 0.364. The standard InChI is InChI=1S/C22H27N5O5/c1-32-20-9-3-2-8-19(20)26-14-12-25(13-15-26)11-5-10-23-21(28)22(29)24-17-6-4-7-18(16-17)27(30)31/h2-4,6-9,16H,5,10-15H2,1H3,(H,23,28)(H,24,29). The van der Waals surface area contributed by atoms with Gasteiger partial charge in [0.2, 0.25) is 0 Å². The number of amides is 2. The predicted octanol–water partition coefficient (Wildman–Crippen LogP) is 1.87. The van der Waals surface area contributed by atoms with E-state index in [0.717, 1.165) is 44.2 Å². The number of methoxy groups -OCH3 is 1. The van der Waals surface area contributed by atoms with Crippen molar-refractivity contribution < 1.29 is 19.2 Å². The third-order valence-corrected chi connectivity index (χ3v) is 5.26. The molecule has 32 heavy (non-hydrogen) atoms. The van der Waals surface area contributed by atoms with Gasteiger partial charge < -0.3 is 20.3 Å². The second kappa shape index (κ2) is 11.1. The second-order valence-corrected chi connectivity index (χ2v) is 7.37. The number of para-hydroxylation sites is 2. The Labute approximate surface area is 186 Å². The molecule has 1 aliphatic heterocycles. The smallest absolute Gasteiger partial charge is 0.313 e. The van der Waals surface area contributed by atoms with Gasteiger partial charge in [-0.2, -0.15) is 0 Å². The number of nitro benzene ring substituents is 1. The van der Waals surface area contributed by atoms with Crippen LogP contribution in [0.2, 0.25) is 0 Å². The summed E-state index contributed by atoms with van der Waals surface area (Å²) in [6.07, 6.45) is 0.713. The molecule has 2 aromatic carbocycles. The topological polar surface area (TPSA) is 117 Å². The molecule has 0 unspecified atom stereocenters.